The highest BCUT2D eigenvalue weighted by Gasteiger charge is 2.35. The smallest absolute Gasteiger partial charge is 0.274 e. The predicted octanol–water partition coefficient (Wildman–Crippen LogP) is 4.68. The normalized spacial score (nSPS) is 12.4. The van der Waals surface area contributed by atoms with Crippen LogP contribution in [0.3, 0.4) is 0 Å². The Morgan fingerprint density at radius 1 is 0.923 bits per heavy atom. The standard InChI is InChI=1S/C16H10F6N4/c1-9-6-10(2-3-11(9)15(17,18)19)12-7-13(16(20,21)22)25-14(24-12)26-5-4-23-8-26/h2-8H,1H3. The number of alkyl halides is 6. The van der Waals surface area contributed by atoms with Crippen molar-refractivity contribution >= 4 is 0 Å². The minimum atomic E-state index is -4.74. The van der Waals surface area contributed by atoms with Gasteiger partial charge in [0.2, 0.25) is 5.95 Å². The lowest BCUT2D eigenvalue weighted by Crippen LogP contribution is -2.12. The zero-order valence-corrected chi connectivity index (χ0v) is 13.1. The van der Waals surface area contributed by atoms with Crippen LogP contribution in [0.2, 0.25) is 0 Å². The third-order valence-electron chi connectivity index (χ3n) is 3.57. The van der Waals surface area contributed by atoms with Crippen molar-refractivity contribution in [2.45, 2.75) is 19.3 Å². The average molecular weight is 372 g/mol. The van der Waals surface area contributed by atoms with Crippen LogP contribution >= 0.6 is 0 Å². The van der Waals surface area contributed by atoms with Gasteiger partial charge in [-0.05, 0) is 30.7 Å². The van der Waals surface area contributed by atoms with Crippen molar-refractivity contribution in [3.05, 3.63) is 59.8 Å². The van der Waals surface area contributed by atoms with Crippen molar-refractivity contribution < 1.29 is 26.3 Å². The molecule has 3 rings (SSSR count). The van der Waals surface area contributed by atoms with Crippen molar-refractivity contribution in [3.8, 4) is 17.2 Å². The van der Waals surface area contributed by atoms with Crippen molar-refractivity contribution in [2.75, 3.05) is 0 Å². The second kappa shape index (κ2) is 6.11. The summed E-state index contributed by atoms with van der Waals surface area (Å²) in [5.74, 6) is -0.287. The molecule has 0 aliphatic carbocycles. The molecule has 0 amide bonds. The van der Waals surface area contributed by atoms with Crippen molar-refractivity contribution in [1.29, 1.82) is 0 Å². The second-order valence-electron chi connectivity index (χ2n) is 5.43. The van der Waals surface area contributed by atoms with Gasteiger partial charge in [0.25, 0.3) is 0 Å². The van der Waals surface area contributed by atoms with Gasteiger partial charge >= 0.3 is 12.4 Å². The van der Waals surface area contributed by atoms with Gasteiger partial charge in [0, 0.05) is 18.0 Å². The first-order valence-corrected chi connectivity index (χ1v) is 7.18. The molecule has 2 heterocycles. The summed E-state index contributed by atoms with van der Waals surface area (Å²) in [6, 6.07) is 3.73. The molecule has 10 heteroatoms. The molecule has 0 atom stereocenters. The molecule has 0 saturated carbocycles. The Balaban J connectivity index is 2.16. The molecule has 0 radical (unpaired) electrons. The van der Waals surface area contributed by atoms with Crippen LogP contribution in [0.4, 0.5) is 26.3 Å². The molecular weight excluding hydrogens is 362 g/mol. The molecule has 4 nitrogen and oxygen atoms in total. The second-order valence-corrected chi connectivity index (χ2v) is 5.43. The van der Waals surface area contributed by atoms with E-state index in [1.54, 1.807) is 0 Å². The van der Waals surface area contributed by atoms with Crippen LogP contribution in [0.5, 0.6) is 0 Å². The number of imidazole rings is 1. The molecule has 0 saturated heterocycles. The largest absolute Gasteiger partial charge is 0.433 e. The van der Waals surface area contributed by atoms with Gasteiger partial charge in [-0.1, -0.05) is 6.07 Å². The van der Waals surface area contributed by atoms with Crippen LogP contribution in [0, 0.1) is 6.92 Å². The number of hydrogen-bond donors (Lipinski definition) is 0. The maximum atomic E-state index is 13.1. The highest BCUT2D eigenvalue weighted by molar-refractivity contribution is 5.62. The molecule has 0 spiro atoms. The number of rotatable bonds is 2. The number of halogens is 6. The van der Waals surface area contributed by atoms with Gasteiger partial charge in [0.05, 0.1) is 11.3 Å². The fourth-order valence-electron chi connectivity index (χ4n) is 2.36. The molecule has 0 unspecified atom stereocenters. The topological polar surface area (TPSA) is 43.6 Å². The summed E-state index contributed by atoms with van der Waals surface area (Å²) in [6.45, 7) is 1.23. The Morgan fingerprint density at radius 2 is 1.65 bits per heavy atom. The Kier molecular flexibility index (Phi) is 4.21. The zero-order chi connectivity index (χ0) is 19.1. The highest BCUT2D eigenvalue weighted by atomic mass is 19.4. The van der Waals surface area contributed by atoms with Crippen LogP contribution in [0.15, 0.2) is 43.0 Å². The first kappa shape index (κ1) is 17.9. The number of benzene rings is 1. The van der Waals surface area contributed by atoms with E-state index in [1.807, 2.05) is 0 Å². The Morgan fingerprint density at radius 3 is 2.19 bits per heavy atom. The zero-order valence-electron chi connectivity index (χ0n) is 13.1. The predicted molar refractivity (Wildman–Crippen MR) is 79.3 cm³/mol. The van der Waals surface area contributed by atoms with Crippen LogP contribution in [0.25, 0.3) is 17.2 Å². The lowest BCUT2D eigenvalue weighted by molar-refractivity contribution is -0.141. The van der Waals surface area contributed by atoms with E-state index in [-0.39, 0.29) is 22.8 Å². The van der Waals surface area contributed by atoms with Crippen LogP contribution in [0.1, 0.15) is 16.8 Å². The van der Waals surface area contributed by atoms with Gasteiger partial charge in [-0.3, -0.25) is 4.57 Å². The maximum Gasteiger partial charge on any atom is 0.433 e. The van der Waals surface area contributed by atoms with Crippen LogP contribution < -0.4 is 0 Å². The van der Waals surface area contributed by atoms with Gasteiger partial charge in [0.1, 0.15) is 6.33 Å². The highest BCUT2D eigenvalue weighted by Crippen LogP contribution is 2.35. The molecule has 3 aromatic rings. The number of nitrogens with zero attached hydrogens (tertiary/aromatic N) is 4. The minimum Gasteiger partial charge on any atom is -0.274 e. The van der Waals surface area contributed by atoms with E-state index in [0.717, 1.165) is 18.2 Å². The summed E-state index contributed by atoms with van der Waals surface area (Å²) < 4.78 is 79.2. The monoisotopic (exact) mass is 372 g/mol. The van der Waals surface area contributed by atoms with E-state index >= 15 is 0 Å². The van der Waals surface area contributed by atoms with E-state index in [9.17, 15) is 26.3 Å². The Labute approximate surface area is 143 Å². The molecule has 0 fully saturated rings. The minimum absolute atomic E-state index is 0.116. The maximum absolute atomic E-state index is 13.1. The van der Waals surface area contributed by atoms with E-state index in [4.69, 9.17) is 0 Å². The molecule has 1 aromatic carbocycles. The van der Waals surface area contributed by atoms with Crippen molar-refractivity contribution in [2.24, 2.45) is 0 Å². The van der Waals surface area contributed by atoms with E-state index in [2.05, 4.69) is 15.0 Å². The summed E-state index contributed by atoms with van der Waals surface area (Å²) in [7, 11) is 0. The third-order valence-corrected chi connectivity index (χ3v) is 3.57. The summed E-state index contributed by atoms with van der Waals surface area (Å²) in [4.78, 5) is 11.2. The molecule has 0 N–H and O–H groups in total. The first-order valence-electron chi connectivity index (χ1n) is 7.18. The molecule has 0 aliphatic rings. The Hall–Kier alpha value is -2.91. The summed E-state index contributed by atoms with van der Waals surface area (Å²) in [5.41, 5.74) is -2.21. The van der Waals surface area contributed by atoms with Gasteiger partial charge in [-0.2, -0.15) is 26.3 Å². The lowest BCUT2D eigenvalue weighted by Gasteiger charge is -2.13. The SMILES string of the molecule is Cc1cc(-c2cc(C(F)(F)F)nc(-n3ccnc3)n2)ccc1C(F)(F)F. The summed E-state index contributed by atoms with van der Waals surface area (Å²) in [5, 5.41) is 0. The molecule has 0 aliphatic heterocycles. The fourth-order valence-corrected chi connectivity index (χ4v) is 2.36. The number of aromatic nitrogens is 4. The molecular formula is C16H10F6N4. The van der Waals surface area contributed by atoms with Crippen LogP contribution in [-0.2, 0) is 12.4 Å². The summed E-state index contributed by atoms with van der Waals surface area (Å²) in [6.07, 6.45) is -5.37. The van der Waals surface area contributed by atoms with Gasteiger partial charge in [0.15, 0.2) is 5.69 Å². The molecule has 136 valence electrons. The quantitative estimate of drug-likeness (QED) is 0.614. The lowest BCUT2D eigenvalue weighted by atomic mass is 10.0. The number of aryl methyl sites for hydroxylation is 1. The first-order chi connectivity index (χ1) is 12.1. The van der Waals surface area contributed by atoms with Crippen LogP contribution in [-0.4, -0.2) is 19.5 Å². The van der Waals surface area contributed by atoms with E-state index in [0.29, 0.717) is 6.07 Å². The average Bonchev–Trinajstić information content (AvgIpc) is 3.06. The Bertz CT molecular complexity index is 929. The fraction of sp³-hybridized carbons (Fsp3) is 0.188. The molecule has 26 heavy (non-hydrogen) atoms. The van der Waals surface area contributed by atoms with Gasteiger partial charge in [-0.15, -0.1) is 0 Å². The van der Waals surface area contributed by atoms with E-state index < -0.39 is 23.6 Å². The molecule has 2 aromatic heterocycles. The van der Waals surface area contributed by atoms with Crippen molar-refractivity contribution in [3.63, 3.8) is 0 Å². The molecule has 0 bridgehead atoms. The van der Waals surface area contributed by atoms with Gasteiger partial charge in [-0.25, -0.2) is 15.0 Å². The summed E-state index contributed by atoms with van der Waals surface area (Å²) >= 11 is 0. The number of hydrogen-bond acceptors (Lipinski definition) is 3. The van der Waals surface area contributed by atoms with Gasteiger partial charge < -0.3 is 0 Å². The van der Waals surface area contributed by atoms with Crippen molar-refractivity contribution in [1.82, 2.24) is 19.5 Å². The third kappa shape index (κ3) is 3.53. The van der Waals surface area contributed by atoms with E-state index in [1.165, 1.54) is 30.2 Å².